The summed E-state index contributed by atoms with van der Waals surface area (Å²) in [6.07, 6.45) is 2.35. The highest BCUT2D eigenvalue weighted by molar-refractivity contribution is 5.90. The summed E-state index contributed by atoms with van der Waals surface area (Å²) in [4.78, 5) is 37.1. The van der Waals surface area contributed by atoms with E-state index in [9.17, 15) is 19.5 Å². The van der Waals surface area contributed by atoms with Crippen LogP contribution in [-0.2, 0) is 26.2 Å². The summed E-state index contributed by atoms with van der Waals surface area (Å²) in [5.41, 5.74) is 7.30. The van der Waals surface area contributed by atoms with Crippen LogP contribution in [0.3, 0.4) is 0 Å². The van der Waals surface area contributed by atoms with Gasteiger partial charge in [0.05, 0.1) is 6.04 Å². The Morgan fingerprint density at radius 2 is 1.80 bits per heavy atom. The van der Waals surface area contributed by atoms with Crippen LogP contribution in [0, 0.1) is 0 Å². The molecule has 1 aliphatic heterocycles. The second-order valence-electron chi connectivity index (χ2n) is 8.86. The highest BCUT2D eigenvalue weighted by atomic mass is 16.3. The lowest BCUT2D eigenvalue weighted by Gasteiger charge is -2.24. The largest absolute Gasteiger partial charge is 0.508 e. The minimum Gasteiger partial charge on any atom is -0.508 e. The van der Waals surface area contributed by atoms with Gasteiger partial charge in [-0.05, 0) is 41.9 Å². The van der Waals surface area contributed by atoms with Gasteiger partial charge in [-0.3, -0.25) is 14.4 Å². The summed E-state index contributed by atoms with van der Waals surface area (Å²) in [5.74, 6) is -0.666. The molecule has 1 fully saturated rings. The van der Waals surface area contributed by atoms with Crippen LogP contribution in [0.15, 0.2) is 18.2 Å². The topological polar surface area (TPSA) is 134 Å². The standard InChI is InChI=1S/C22H34N4O4/c1-22(2,3)15-12-14(7-8-18(15)27)13-17-21(30)25-11-9-19(28)24-10-5-4-6-16(23)20(29)26-17/h7-8,12,16-17,27H,4-6,9-11,13,23H2,1-3H3,(H,24,28)(H,25,30)(H,26,29)/t16?,17-/m0/s1. The molecule has 2 atom stereocenters. The van der Waals surface area contributed by atoms with E-state index in [0.29, 0.717) is 19.4 Å². The van der Waals surface area contributed by atoms with Gasteiger partial charge < -0.3 is 26.8 Å². The summed E-state index contributed by atoms with van der Waals surface area (Å²) in [5, 5.41) is 18.5. The average molecular weight is 419 g/mol. The van der Waals surface area contributed by atoms with Crippen LogP contribution in [0.1, 0.15) is 57.6 Å². The van der Waals surface area contributed by atoms with E-state index in [0.717, 1.165) is 17.5 Å². The van der Waals surface area contributed by atoms with E-state index in [1.165, 1.54) is 0 Å². The molecular weight excluding hydrogens is 384 g/mol. The maximum atomic E-state index is 12.7. The molecule has 8 heteroatoms. The first kappa shape index (κ1) is 23.7. The van der Waals surface area contributed by atoms with Crippen LogP contribution in [-0.4, -0.2) is 48.0 Å². The van der Waals surface area contributed by atoms with E-state index in [4.69, 9.17) is 5.73 Å². The molecule has 0 bridgehead atoms. The Kier molecular flexibility index (Phi) is 8.23. The van der Waals surface area contributed by atoms with E-state index >= 15 is 0 Å². The SMILES string of the molecule is CC(C)(C)c1cc(C[C@@H]2NC(=O)C(N)CCCCNC(=O)CCNC2=O)ccc1O. The molecule has 3 amide bonds. The molecule has 0 spiro atoms. The van der Waals surface area contributed by atoms with E-state index in [1.807, 2.05) is 26.8 Å². The molecule has 1 aromatic rings. The van der Waals surface area contributed by atoms with Gasteiger partial charge in [0.15, 0.2) is 0 Å². The normalized spacial score (nSPS) is 22.5. The maximum Gasteiger partial charge on any atom is 0.242 e. The van der Waals surface area contributed by atoms with Crippen molar-refractivity contribution in [3.63, 3.8) is 0 Å². The average Bonchev–Trinajstić information content (AvgIpc) is 2.66. The number of benzene rings is 1. The van der Waals surface area contributed by atoms with Gasteiger partial charge in [0.1, 0.15) is 11.8 Å². The number of carbonyl (C=O) groups is 3. The number of hydrogen-bond acceptors (Lipinski definition) is 5. The maximum absolute atomic E-state index is 12.7. The third-order valence-corrected chi connectivity index (χ3v) is 5.19. The predicted molar refractivity (Wildman–Crippen MR) is 115 cm³/mol. The number of aromatic hydroxyl groups is 1. The monoisotopic (exact) mass is 418 g/mol. The fourth-order valence-electron chi connectivity index (χ4n) is 3.39. The van der Waals surface area contributed by atoms with Crippen molar-refractivity contribution in [1.82, 2.24) is 16.0 Å². The first-order chi connectivity index (χ1) is 14.1. The van der Waals surface area contributed by atoms with Gasteiger partial charge in [0, 0.05) is 25.9 Å². The highest BCUT2D eigenvalue weighted by Gasteiger charge is 2.25. The lowest BCUT2D eigenvalue weighted by molar-refractivity contribution is -0.130. The lowest BCUT2D eigenvalue weighted by atomic mass is 9.84. The van der Waals surface area contributed by atoms with Crippen molar-refractivity contribution in [2.45, 2.75) is 70.4 Å². The summed E-state index contributed by atoms with van der Waals surface area (Å²) in [7, 11) is 0. The Morgan fingerprint density at radius 3 is 2.50 bits per heavy atom. The van der Waals surface area contributed by atoms with Gasteiger partial charge in [0.2, 0.25) is 17.7 Å². The van der Waals surface area contributed by atoms with Gasteiger partial charge in [-0.25, -0.2) is 0 Å². The molecule has 1 aromatic carbocycles. The number of nitrogens with two attached hydrogens (primary N) is 1. The molecule has 1 saturated heterocycles. The van der Waals surface area contributed by atoms with Crippen LogP contribution >= 0.6 is 0 Å². The van der Waals surface area contributed by atoms with Crippen molar-refractivity contribution < 1.29 is 19.5 Å². The third-order valence-electron chi connectivity index (χ3n) is 5.19. The Hall–Kier alpha value is -2.61. The number of amides is 3. The van der Waals surface area contributed by atoms with E-state index < -0.39 is 12.1 Å². The summed E-state index contributed by atoms with van der Waals surface area (Å²) in [6.45, 7) is 6.69. The number of nitrogens with one attached hydrogen (secondary N) is 3. The number of rotatable bonds is 2. The molecule has 8 nitrogen and oxygen atoms in total. The van der Waals surface area contributed by atoms with Crippen molar-refractivity contribution in [3.05, 3.63) is 29.3 Å². The first-order valence-electron chi connectivity index (χ1n) is 10.5. The number of phenolic OH excluding ortho intramolecular Hbond substituents is 1. The molecule has 1 heterocycles. The van der Waals surface area contributed by atoms with Crippen molar-refractivity contribution in [1.29, 1.82) is 0 Å². The van der Waals surface area contributed by atoms with Crippen LogP contribution in [0.2, 0.25) is 0 Å². The van der Waals surface area contributed by atoms with E-state index in [-0.39, 0.29) is 48.3 Å². The zero-order valence-corrected chi connectivity index (χ0v) is 18.1. The van der Waals surface area contributed by atoms with Crippen molar-refractivity contribution in [2.24, 2.45) is 5.73 Å². The first-order valence-corrected chi connectivity index (χ1v) is 10.5. The van der Waals surface area contributed by atoms with Gasteiger partial charge >= 0.3 is 0 Å². The van der Waals surface area contributed by atoms with E-state index in [2.05, 4.69) is 16.0 Å². The summed E-state index contributed by atoms with van der Waals surface area (Å²) >= 11 is 0. The molecule has 0 radical (unpaired) electrons. The summed E-state index contributed by atoms with van der Waals surface area (Å²) < 4.78 is 0. The minimum atomic E-state index is -0.827. The van der Waals surface area contributed by atoms with E-state index in [1.54, 1.807) is 12.1 Å². The van der Waals surface area contributed by atoms with Crippen LogP contribution in [0.4, 0.5) is 0 Å². The number of carbonyl (C=O) groups excluding carboxylic acids is 3. The van der Waals surface area contributed by atoms with Crippen molar-refractivity contribution in [2.75, 3.05) is 13.1 Å². The Balaban J connectivity index is 2.21. The molecule has 1 unspecified atom stereocenters. The molecule has 1 aliphatic rings. The smallest absolute Gasteiger partial charge is 0.242 e. The molecule has 30 heavy (non-hydrogen) atoms. The Labute approximate surface area is 178 Å². The zero-order chi connectivity index (χ0) is 22.3. The van der Waals surface area contributed by atoms with Crippen LogP contribution in [0.25, 0.3) is 0 Å². The fraction of sp³-hybridized carbons (Fsp3) is 0.591. The Bertz CT molecular complexity index is 773. The zero-order valence-electron chi connectivity index (χ0n) is 18.1. The molecule has 0 aliphatic carbocycles. The second kappa shape index (κ2) is 10.4. The molecule has 6 N–H and O–H groups in total. The number of hydrogen-bond donors (Lipinski definition) is 5. The quantitative estimate of drug-likeness (QED) is 0.486. The Morgan fingerprint density at radius 1 is 1.07 bits per heavy atom. The van der Waals surface area contributed by atoms with Gasteiger partial charge in [-0.15, -0.1) is 0 Å². The third kappa shape index (κ3) is 7.02. The molecule has 166 valence electrons. The van der Waals surface area contributed by atoms with Crippen molar-refractivity contribution >= 4 is 17.7 Å². The predicted octanol–water partition coefficient (Wildman–Crippen LogP) is 0.851. The number of phenols is 1. The van der Waals surface area contributed by atoms with Crippen LogP contribution in [0.5, 0.6) is 5.75 Å². The van der Waals surface area contributed by atoms with Crippen LogP contribution < -0.4 is 21.7 Å². The summed E-state index contributed by atoms with van der Waals surface area (Å²) in [6, 6.07) is 3.65. The minimum absolute atomic E-state index is 0.120. The van der Waals surface area contributed by atoms with Crippen molar-refractivity contribution in [3.8, 4) is 5.75 Å². The van der Waals surface area contributed by atoms with Gasteiger partial charge in [0.25, 0.3) is 0 Å². The van der Waals surface area contributed by atoms with Gasteiger partial charge in [-0.2, -0.15) is 0 Å². The molecule has 0 saturated carbocycles. The second-order valence-corrected chi connectivity index (χ2v) is 8.86. The lowest BCUT2D eigenvalue weighted by Crippen LogP contribution is -2.53. The van der Waals surface area contributed by atoms with Gasteiger partial charge in [-0.1, -0.05) is 32.9 Å². The highest BCUT2D eigenvalue weighted by Crippen LogP contribution is 2.31. The molecule has 0 aromatic heterocycles. The molecule has 2 rings (SSSR count). The fourth-order valence-corrected chi connectivity index (χ4v) is 3.39. The molecular formula is C22H34N4O4.